The van der Waals surface area contributed by atoms with Crippen LogP contribution in [0.1, 0.15) is 25.6 Å². The average molecular weight is 284 g/mol. The van der Waals surface area contributed by atoms with Gasteiger partial charge in [0.2, 0.25) is 5.82 Å². The van der Waals surface area contributed by atoms with Crippen LogP contribution in [0, 0.1) is 5.92 Å². The topological polar surface area (TPSA) is 88.4 Å². The van der Waals surface area contributed by atoms with Crippen LogP contribution in [0.2, 0.25) is 0 Å². The maximum absolute atomic E-state index is 12.1. The van der Waals surface area contributed by atoms with Crippen LogP contribution < -0.4 is 0 Å². The molecule has 112 valence electrons. The average Bonchev–Trinajstić information content (AvgIpc) is 2.89. The number of hydrogen-bond donors (Lipinski definition) is 0. The minimum Gasteiger partial charge on any atom is -0.455 e. The summed E-state index contributed by atoms with van der Waals surface area (Å²) >= 11 is 0. The first-order valence-corrected chi connectivity index (χ1v) is 6.79. The Bertz CT molecular complexity index is 431. The minimum atomic E-state index is -0.541. The molecular weight excluding hydrogens is 264 g/mol. The Labute approximate surface area is 117 Å². The monoisotopic (exact) mass is 284 g/mol. The highest BCUT2D eigenvalue weighted by molar-refractivity contribution is 5.75. The third-order valence-corrected chi connectivity index (χ3v) is 3.17. The lowest BCUT2D eigenvalue weighted by Gasteiger charge is -2.28. The third kappa shape index (κ3) is 3.97. The second kappa shape index (κ2) is 7.30. The summed E-state index contributed by atoms with van der Waals surface area (Å²) < 4.78 is 16.1. The molecule has 1 aliphatic rings. The van der Waals surface area contributed by atoms with Crippen LogP contribution in [0.5, 0.6) is 0 Å². The number of tetrazole rings is 1. The van der Waals surface area contributed by atoms with Gasteiger partial charge in [0.05, 0.1) is 7.05 Å². The van der Waals surface area contributed by atoms with E-state index in [1.165, 1.54) is 4.80 Å². The number of nitrogens with zero attached hydrogens (tertiary/aromatic N) is 4. The minimum absolute atomic E-state index is 0.0134. The van der Waals surface area contributed by atoms with Crippen molar-refractivity contribution in [2.24, 2.45) is 13.0 Å². The third-order valence-electron chi connectivity index (χ3n) is 3.17. The van der Waals surface area contributed by atoms with E-state index >= 15 is 0 Å². The number of aromatic nitrogens is 4. The van der Waals surface area contributed by atoms with Crippen molar-refractivity contribution >= 4 is 5.97 Å². The van der Waals surface area contributed by atoms with Crippen LogP contribution in [-0.4, -0.2) is 52.1 Å². The summed E-state index contributed by atoms with van der Waals surface area (Å²) in [6.45, 7) is 3.67. The van der Waals surface area contributed by atoms with Gasteiger partial charge in [-0.05, 0) is 25.0 Å². The van der Waals surface area contributed by atoms with E-state index < -0.39 is 6.10 Å². The molecule has 1 saturated heterocycles. The standard InChI is InChI=1S/C12H20N4O4/c1-3-19-11(9-4-6-18-7-5-9)12(17)20-8-10-13-15-16(2)14-10/h9,11H,3-8H2,1-2H3. The van der Waals surface area contributed by atoms with Crippen molar-refractivity contribution in [1.82, 2.24) is 20.2 Å². The van der Waals surface area contributed by atoms with E-state index in [1.807, 2.05) is 6.92 Å². The fourth-order valence-electron chi connectivity index (χ4n) is 2.19. The molecule has 1 unspecified atom stereocenters. The Kier molecular flexibility index (Phi) is 5.42. The van der Waals surface area contributed by atoms with E-state index in [1.54, 1.807) is 7.05 Å². The van der Waals surface area contributed by atoms with Crippen LogP contribution in [0.3, 0.4) is 0 Å². The first kappa shape index (κ1) is 14.9. The molecule has 2 heterocycles. The Morgan fingerprint density at radius 1 is 1.50 bits per heavy atom. The molecule has 2 rings (SSSR count). The number of carbonyl (C=O) groups is 1. The van der Waals surface area contributed by atoms with Gasteiger partial charge in [-0.2, -0.15) is 4.80 Å². The van der Waals surface area contributed by atoms with Gasteiger partial charge in [0.15, 0.2) is 12.7 Å². The van der Waals surface area contributed by atoms with E-state index in [0.29, 0.717) is 25.6 Å². The SMILES string of the molecule is CCOC(C(=O)OCc1nnn(C)n1)C1CCOCC1. The van der Waals surface area contributed by atoms with Gasteiger partial charge >= 0.3 is 5.97 Å². The Balaban J connectivity index is 1.88. The number of aryl methyl sites for hydroxylation is 1. The summed E-state index contributed by atoms with van der Waals surface area (Å²) in [6, 6.07) is 0. The van der Waals surface area contributed by atoms with E-state index in [4.69, 9.17) is 14.2 Å². The van der Waals surface area contributed by atoms with Gasteiger partial charge in [0, 0.05) is 25.7 Å². The highest BCUT2D eigenvalue weighted by atomic mass is 16.6. The van der Waals surface area contributed by atoms with Crippen LogP contribution >= 0.6 is 0 Å². The van der Waals surface area contributed by atoms with Gasteiger partial charge in [0.1, 0.15) is 0 Å². The van der Waals surface area contributed by atoms with Crippen molar-refractivity contribution in [1.29, 1.82) is 0 Å². The Morgan fingerprint density at radius 3 is 2.85 bits per heavy atom. The number of carbonyl (C=O) groups excluding carboxylic acids is 1. The molecule has 1 aromatic rings. The largest absolute Gasteiger partial charge is 0.455 e. The smallest absolute Gasteiger partial charge is 0.335 e. The van der Waals surface area contributed by atoms with Crippen molar-refractivity contribution < 1.29 is 19.0 Å². The zero-order valence-corrected chi connectivity index (χ0v) is 11.8. The highest BCUT2D eigenvalue weighted by Gasteiger charge is 2.31. The molecule has 0 aromatic carbocycles. The van der Waals surface area contributed by atoms with Crippen LogP contribution in [0.4, 0.5) is 0 Å². The molecule has 0 saturated carbocycles. The molecule has 1 aromatic heterocycles. The molecule has 0 bridgehead atoms. The molecule has 1 aliphatic heterocycles. The molecular formula is C12H20N4O4. The number of ether oxygens (including phenoxy) is 3. The van der Waals surface area contributed by atoms with Crippen LogP contribution in [0.15, 0.2) is 0 Å². The molecule has 0 amide bonds. The molecule has 0 N–H and O–H groups in total. The lowest BCUT2D eigenvalue weighted by Crippen LogP contribution is -2.37. The molecule has 20 heavy (non-hydrogen) atoms. The van der Waals surface area contributed by atoms with E-state index in [9.17, 15) is 4.79 Å². The first-order chi connectivity index (χ1) is 9.70. The second-order valence-electron chi connectivity index (χ2n) is 4.63. The quantitative estimate of drug-likeness (QED) is 0.684. The van der Waals surface area contributed by atoms with Crippen molar-refractivity contribution in [3.63, 3.8) is 0 Å². The van der Waals surface area contributed by atoms with Gasteiger partial charge in [0.25, 0.3) is 0 Å². The van der Waals surface area contributed by atoms with Crippen LogP contribution in [-0.2, 0) is 32.7 Å². The van der Waals surface area contributed by atoms with Gasteiger partial charge in [-0.15, -0.1) is 10.2 Å². The van der Waals surface area contributed by atoms with Crippen molar-refractivity contribution in [3.8, 4) is 0 Å². The second-order valence-corrected chi connectivity index (χ2v) is 4.63. The zero-order chi connectivity index (χ0) is 14.4. The fourth-order valence-corrected chi connectivity index (χ4v) is 2.19. The maximum atomic E-state index is 12.1. The molecule has 1 fully saturated rings. The number of hydrogen-bond acceptors (Lipinski definition) is 7. The summed E-state index contributed by atoms with van der Waals surface area (Å²) in [5, 5.41) is 11.4. The van der Waals surface area contributed by atoms with Crippen LogP contribution in [0.25, 0.3) is 0 Å². The molecule has 8 nitrogen and oxygen atoms in total. The predicted molar refractivity (Wildman–Crippen MR) is 67.6 cm³/mol. The molecule has 0 radical (unpaired) electrons. The van der Waals surface area contributed by atoms with E-state index in [2.05, 4.69) is 15.4 Å². The lowest BCUT2D eigenvalue weighted by atomic mass is 9.94. The summed E-state index contributed by atoms with van der Waals surface area (Å²) in [6.07, 6.45) is 1.08. The Hall–Kier alpha value is -1.54. The van der Waals surface area contributed by atoms with Gasteiger partial charge < -0.3 is 14.2 Å². The van der Waals surface area contributed by atoms with Crippen molar-refractivity contribution in [2.45, 2.75) is 32.5 Å². The van der Waals surface area contributed by atoms with Gasteiger partial charge in [-0.3, -0.25) is 0 Å². The van der Waals surface area contributed by atoms with E-state index in [-0.39, 0.29) is 18.5 Å². The highest BCUT2D eigenvalue weighted by Crippen LogP contribution is 2.22. The molecule has 0 spiro atoms. The molecule has 0 aliphatic carbocycles. The summed E-state index contributed by atoms with van der Waals surface area (Å²) in [5.74, 6) is 0.153. The van der Waals surface area contributed by atoms with Gasteiger partial charge in [-0.25, -0.2) is 4.79 Å². The summed E-state index contributed by atoms with van der Waals surface area (Å²) in [5.41, 5.74) is 0. The normalized spacial score (nSPS) is 17.9. The first-order valence-electron chi connectivity index (χ1n) is 6.79. The van der Waals surface area contributed by atoms with E-state index in [0.717, 1.165) is 12.8 Å². The number of esters is 1. The maximum Gasteiger partial charge on any atom is 0.335 e. The lowest BCUT2D eigenvalue weighted by molar-refractivity contribution is -0.165. The Morgan fingerprint density at radius 2 is 2.25 bits per heavy atom. The predicted octanol–water partition coefficient (Wildman–Crippen LogP) is 0.0850. The van der Waals surface area contributed by atoms with Crippen molar-refractivity contribution in [2.75, 3.05) is 19.8 Å². The fraction of sp³-hybridized carbons (Fsp3) is 0.833. The zero-order valence-electron chi connectivity index (χ0n) is 11.8. The number of rotatable bonds is 6. The molecule has 8 heteroatoms. The molecule has 1 atom stereocenters. The van der Waals surface area contributed by atoms with Gasteiger partial charge in [-0.1, -0.05) is 0 Å². The van der Waals surface area contributed by atoms with Crippen molar-refractivity contribution in [3.05, 3.63) is 5.82 Å². The summed E-state index contributed by atoms with van der Waals surface area (Å²) in [7, 11) is 1.66. The summed E-state index contributed by atoms with van der Waals surface area (Å²) in [4.78, 5) is 13.5.